The van der Waals surface area contributed by atoms with Gasteiger partial charge < -0.3 is 54.3 Å². The van der Waals surface area contributed by atoms with Gasteiger partial charge >= 0.3 is 17.1 Å². The second-order valence-corrected chi connectivity index (χ2v) is 23.9. The number of nitrogens with zero attached hydrogens (tertiary/aromatic N) is 8. The summed E-state index contributed by atoms with van der Waals surface area (Å²) in [6.45, 7) is 17.3. The summed E-state index contributed by atoms with van der Waals surface area (Å²) in [5.41, 5.74) is 14.2. The molecule has 2 unspecified atom stereocenters. The van der Waals surface area contributed by atoms with Gasteiger partial charge in [0.1, 0.15) is 60.3 Å². The van der Waals surface area contributed by atoms with E-state index < -0.39 is 72.8 Å². The molecule has 21 heteroatoms. The highest BCUT2D eigenvalue weighted by Gasteiger charge is 2.61. The molecular formula is C32H52N10O9Si2. The van der Waals surface area contributed by atoms with E-state index in [0.717, 1.165) is 0 Å². The van der Waals surface area contributed by atoms with Crippen LogP contribution in [0.4, 0.5) is 11.6 Å². The number of imidazole rings is 2. The number of ether oxygens (including phenoxy) is 2. The van der Waals surface area contributed by atoms with Gasteiger partial charge in [-0.15, -0.1) is 0 Å². The van der Waals surface area contributed by atoms with Crippen LogP contribution in [-0.4, -0.2) is 126 Å². The summed E-state index contributed by atoms with van der Waals surface area (Å²) in [6.07, 6.45) is -1.20. The smallest absolute Gasteiger partial charge is 0.335 e. The fraction of sp³-hybridized carbons (Fsp3) is 0.688. The molecule has 4 aromatic heterocycles. The molecule has 8 atom stereocenters. The van der Waals surface area contributed by atoms with Crippen molar-refractivity contribution in [3.63, 3.8) is 0 Å². The molecule has 0 spiro atoms. The quantitative estimate of drug-likeness (QED) is 0.146. The third kappa shape index (κ3) is 6.75. The minimum atomic E-state index is -2.86. The van der Waals surface area contributed by atoms with Crippen LogP contribution in [0.1, 0.15) is 67.8 Å². The first-order chi connectivity index (χ1) is 25.1. The van der Waals surface area contributed by atoms with Gasteiger partial charge in [-0.3, -0.25) is 9.13 Å². The van der Waals surface area contributed by atoms with Crippen molar-refractivity contribution in [3.05, 3.63) is 25.3 Å². The zero-order chi connectivity index (χ0) is 38.6. The van der Waals surface area contributed by atoms with Crippen molar-refractivity contribution in [2.24, 2.45) is 0 Å². The number of hydrogen-bond donors (Lipinski definition) is 6. The SMILES string of the molecule is CC(C)[Si]1(C(C)C)OC[C@@H]2O[C@H](n3cnc4c(N)ncnc43)[C@H](O)C2O[Si](C(C)C)(C(C)C)O1.Nc1ncnc2c1ncn2[C@H]1O[C@@H](CO)C(O)[C@H]1O. The molecule has 7 heterocycles. The summed E-state index contributed by atoms with van der Waals surface area (Å²) in [7, 11) is -5.54. The Hall–Kier alpha value is -3.23. The van der Waals surface area contributed by atoms with Crippen molar-refractivity contribution in [2.45, 2.75) is 127 Å². The molecule has 292 valence electrons. The maximum atomic E-state index is 11.5. The van der Waals surface area contributed by atoms with Crippen LogP contribution in [0.15, 0.2) is 25.3 Å². The van der Waals surface area contributed by atoms with E-state index in [1.165, 1.54) is 23.5 Å². The van der Waals surface area contributed by atoms with Crippen molar-refractivity contribution < 1.29 is 42.9 Å². The van der Waals surface area contributed by atoms with Gasteiger partial charge in [0, 0.05) is 0 Å². The van der Waals surface area contributed by atoms with E-state index in [1.807, 2.05) is 0 Å². The minimum Gasteiger partial charge on any atom is -0.414 e. The number of aliphatic hydroxyl groups is 4. The number of nitrogen functional groups attached to an aromatic ring is 2. The van der Waals surface area contributed by atoms with Gasteiger partial charge in [0.05, 0.1) is 25.9 Å². The summed E-state index contributed by atoms with van der Waals surface area (Å²) in [5.74, 6) is 0.501. The molecule has 0 aromatic carbocycles. The Morgan fingerprint density at radius 2 is 1.19 bits per heavy atom. The van der Waals surface area contributed by atoms with Gasteiger partial charge in [-0.25, -0.2) is 29.9 Å². The maximum absolute atomic E-state index is 11.5. The van der Waals surface area contributed by atoms with Crippen molar-refractivity contribution in [1.82, 2.24) is 39.0 Å². The van der Waals surface area contributed by atoms with E-state index in [1.54, 1.807) is 10.9 Å². The van der Waals surface area contributed by atoms with Gasteiger partial charge in [0.2, 0.25) is 0 Å². The molecule has 0 aliphatic carbocycles. The fourth-order valence-corrected chi connectivity index (χ4v) is 18.8. The van der Waals surface area contributed by atoms with Crippen LogP contribution in [0, 0.1) is 0 Å². The van der Waals surface area contributed by atoms with Crippen LogP contribution in [0.2, 0.25) is 22.2 Å². The second-order valence-electron chi connectivity index (χ2n) is 15.0. The average molecular weight is 777 g/mol. The van der Waals surface area contributed by atoms with E-state index >= 15 is 0 Å². The third-order valence-electron chi connectivity index (χ3n) is 10.5. The first-order valence-corrected chi connectivity index (χ1v) is 21.9. The normalized spacial score (nSPS) is 29.9. The number of hydrogen-bond acceptors (Lipinski definition) is 17. The zero-order valence-electron chi connectivity index (χ0n) is 31.2. The van der Waals surface area contributed by atoms with Gasteiger partial charge in [-0.05, 0) is 22.2 Å². The second kappa shape index (κ2) is 15.1. The summed E-state index contributed by atoms with van der Waals surface area (Å²) >= 11 is 0. The molecule has 0 saturated carbocycles. The highest BCUT2D eigenvalue weighted by molar-refractivity contribution is 6.84. The first kappa shape index (κ1) is 39.5. The standard InChI is InChI=1S/C22H39N5O5Si2.C10H13N5O4/c1-12(2)33(13(3)4)29-9-16-19(31-34(32-33,14(5)6)15(7)8)18(28)22(30-16)27-11-26-17-20(23)24-10-25-21(17)27;11-8-5-9(13-2-12-8)15(3-14-5)10-7(18)6(17)4(1-16)19-10/h10-16,18-19,22,28H,9H2,1-8H3,(H2,23,24,25);2-4,6-7,10,16-18H,1H2,(H2,11,12,13)/t16-,18+,19?,22-;4-,6?,7+,10-/m00/s1. The predicted molar refractivity (Wildman–Crippen MR) is 196 cm³/mol. The Kier molecular flexibility index (Phi) is 11.3. The number of aliphatic hydroxyl groups excluding tert-OH is 4. The molecule has 19 nitrogen and oxygen atoms in total. The Morgan fingerprint density at radius 3 is 1.64 bits per heavy atom. The van der Waals surface area contributed by atoms with E-state index in [9.17, 15) is 15.3 Å². The van der Waals surface area contributed by atoms with Crippen molar-refractivity contribution in [2.75, 3.05) is 24.7 Å². The van der Waals surface area contributed by atoms with Crippen LogP contribution in [0.25, 0.3) is 22.3 Å². The molecule has 4 aromatic rings. The Bertz CT molecular complexity index is 1860. The summed E-state index contributed by atoms with van der Waals surface area (Å²) in [6, 6.07) is 0. The number of aromatic nitrogens is 8. The third-order valence-corrected chi connectivity index (χ3v) is 20.7. The summed E-state index contributed by atoms with van der Waals surface area (Å²) < 4.78 is 35.9. The number of rotatable bonds is 7. The van der Waals surface area contributed by atoms with Crippen molar-refractivity contribution >= 4 is 51.1 Å². The lowest BCUT2D eigenvalue weighted by Gasteiger charge is -2.51. The largest absolute Gasteiger partial charge is 0.414 e. The zero-order valence-corrected chi connectivity index (χ0v) is 33.2. The molecule has 3 fully saturated rings. The summed E-state index contributed by atoms with van der Waals surface area (Å²) in [4.78, 5) is 24.6. The van der Waals surface area contributed by atoms with Crippen LogP contribution in [-0.2, 0) is 22.4 Å². The molecule has 3 saturated heterocycles. The lowest BCUT2D eigenvalue weighted by molar-refractivity contribution is -0.0570. The lowest BCUT2D eigenvalue weighted by Crippen LogP contribution is -2.65. The van der Waals surface area contributed by atoms with Gasteiger partial charge in [0.25, 0.3) is 0 Å². The monoisotopic (exact) mass is 776 g/mol. The molecule has 0 radical (unpaired) electrons. The van der Waals surface area contributed by atoms with E-state index in [-0.39, 0.29) is 33.8 Å². The van der Waals surface area contributed by atoms with Crippen LogP contribution >= 0.6 is 0 Å². The van der Waals surface area contributed by atoms with E-state index in [4.69, 9.17) is 39.0 Å². The van der Waals surface area contributed by atoms with Crippen LogP contribution in [0.3, 0.4) is 0 Å². The van der Waals surface area contributed by atoms with Crippen LogP contribution < -0.4 is 11.5 Å². The molecule has 0 bridgehead atoms. The van der Waals surface area contributed by atoms with Gasteiger partial charge in [0.15, 0.2) is 35.4 Å². The van der Waals surface area contributed by atoms with Crippen molar-refractivity contribution in [1.29, 1.82) is 0 Å². The highest BCUT2D eigenvalue weighted by atomic mass is 28.5. The lowest BCUT2D eigenvalue weighted by atomic mass is 10.1. The highest BCUT2D eigenvalue weighted by Crippen LogP contribution is 2.48. The molecule has 7 rings (SSSR count). The van der Waals surface area contributed by atoms with E-state index in [2.05, 4.69) is 85.3 Å². The number of fused-ring (bicyclic) bond motifs is 3. The molecule has 53 heavy (non-hydrogen) atoms. The Morgan fingerprint density at radius 1 is 0.698 bits per heavy atom. The minimum absolute atomic E-state index is 0.159. The Labute approximate surface area is 309 Å². The molecule has 0 amide bonds. The van der Waals surface area contributed by atoms with E-state index in [0.29, 0.717) is 28.9 Å². The molecule has 8 N–H and O–H groups in total. The van der Waals surface area contributed by atoms with Crippen LogP contribution in [0.5, 0.6) is 0 Å². The topological polar surface area (TPSA) is 266 Å². The molecule has 3 aliphatic heterocycles. The molecular weight excluding hydrogens is 725 g/mol. The van der Waals surface area contributed by atoms with Crippen molar-refractivity contribution in [3.8, 4) is 0 Å². The number of nitrogens with two attached hydrogens (primary N) is 2. The number of anilines is 2. The fourth-order valence-electron chi connectivity index (χ4n) is 7.59. The van der Waals surface area contributed by atoms with Gasteiger partial charge in [-0.1, -0.05) is 55.4 Å². The predicted octanol–water partition coefficient (Wildman–Crippen LogP) is 1.64. The summed E-state index contributed by atoms with van der Waals surface area (Å²) in [5, 5.41) is 40.2. The average Bonchev–Trinajstić information content (AvgIpc) is 3.86. The first-order valence-electron chi connectivity index (χ1n) is 17.9. The maximum Gasteiger partial charge on any atom is 0.335 e. The van der Waals surface area contributed by atoms with Gasteiger partial charge in [-0.2, -0.15) is 0 Å². The Balaban J connectivity index is 0.000000213. The molecule has 3 aliphatic rings.